The van der Waals surface area contributed by atoms with Gasteiger partial charge in [0.1, 0.15) is 17.5 Å². The third-order valence-corrected chi connectivity index (χ3v) is 4.41. The van der Waals surface area contributed by atoms with Crippen LogP contribution in [-0.4, -0.2) is 31.4 Å². The van der Waals surface area contributed by atoms with Gasteiger partial charge in [0.25, 0.3) is 5.91 Å². The summed E-state index contributed by atoms with van der Waals surface area (Å²) in [5, 5.41) is 4.07. The first-order valence-corrected chi connectivity index (χ1v) is 9.49. The number of benzene rings is 2. The summed E-state index contributed by atoms with van der Waals surface area (Å²) >= 11 is 0. The van der Waals surface area contributed by atoms with E-state index in [2.05, 4.69) is 21.4 Å². The standard InChI is InChI=1S/C21H26N4O3/c1-3-27-17-11-9-15(10-12-17)18-13-19(24-23-18)21(26)25-22-14-16-7-5-6-8-20(16)28-4-2/h5-12,14,18-19,23-24H,3-4,13H2,1-2H3,(H,25,26)/b22-14+. The average molecular weight is 382 g/mol. The molecule has 0 bridgehead atoms. The number of hydrazine groups is 1. The molecule has 0 aromatic heterocycles. The van der Waals surface area contributed by atoms with Crippen LogP contribution in [-0.2, 0) is 4.79 Å². The molecule has 0 radical (unpaired) electrons. The maximum absolute atomic E-state index is 12.4. The highest BCUT2D eigenvalue weighted by atomic mass is 16.5. The lowest BCUT2D eigenvalue weighted by atomic mass is 10.0. The van der Waals surface area contributed by atoms with Gasteiger partial charge in [-0.05, 0) is 50.1 Å². The Morgan fingerprint density at radius 1 is 1.11 bits per heavy atom. The topological polar surface area (TPSA) is 84.0 Å². The van der Waals surface area contributed by atoms with Gasteiger partial charge in [0.15, 0.2) is 0 Å². The molecule has 1 aliphatic rings. The molecule has 1 aliphatic heterocycles. The second kappa shape index (κ2) is 9.87. The SMILES string of the molecule is CCOc1ccc(C2CC(C(=O)N/N=C/c3ccccc3OCC)NN2)cc1. The van der Waals surface area contributed by atoms with Crippen LogP contribution in [0.5, 0.6) is 11.5 Å². The van der Waals surface area contributed by atoms with Gasteiger partial charge in [0, 0.05) is 11.6 Å². The van der Waals surface area contributed by atoms with Crippen molar-refractivity contribution in [1.82, 2.24) is 16.3 Å². The second-order valence-corrected chi connectivity index (χ2v) is 6.34. The number of hydrogen-bond donors (Lipinski definition) is 3. The van der Waals surface area contributed by atoms with E-state index in [1.165, 1.54) is 0 Å². The zero-order chi connectivity index (χ0) is 19.8. The molecule has 2 atom stereocenters. The Labute approximate surface area is 165 Å². The fourth-order valence-corrected chi connectivity index (χ4v) is 3.03. The number of nitrogens with one attached hydrogen (secondary N) is 3. The van der Waals surface area contributed by atoms with Crippen LogP contribution >= 0.6 is 0 Å². The Morgan fingerprint density at radius 3 is 2.61 bits per heavy atom. The van der Waals surface area contributed by atoms with Crippen LogP contribution < -0.4 is 25.8 Å². The van der Waals surface area contributed by atoms with Crippen molar-refractivity contribution in [3.8, 4) is 11.5 Å². The first-order chi connectivity index (χ1) is 13.7. The summed E-state index contributed by atoms with van der Waals surface area (Å²) in [5.74, 6) is 1.39. The first kappa shape index (κ1) is 19.9. The van der Waals surface area contributed by atoms with E-state index in [4.69, 9.17) is 9.47 Å². The molecule has 1 heterocycles. The average Bonchev–Trinajstić information content (AvgIpc) is 3.21. The highest BCUT2D eigenvalue weighted by molar-refractivity contribution is 5.86. The molecule has 3 rings (SSSR count). The third-order valence-electron chi connectivity index (χ3n) is 4.41. The normalized spacial score (nSPS) is 18.9. The molecule has 1 saturated heterocycles. The number of amides is 1. The minimum absolute atomic E-state index is 0.0501. The lowest BCUT2D eigenvalue weighted by molar-refractivity contribution is -0.122. The maximum atomic E-state index is 12.4. The smallest absolute Gasteiger partial charge is 0.258 e. The minimum atomic E-state index is -0.365. The van der Waals surface area contributed by atoms with Crippen LogP contribution in [0.25, 0.3) is 0 Å². The lowest BCUT2D eigenvalue weighted by Crippen LogP contribution is -2.41. The molecule has 2 aromatic rings. The van der Waals surface area contributed by atoms with Crippen molar-refractivity contribution in [2.24, 2.45) is 5.10 Å². The van der Waals surface area contributed by atoms with Gasteiger partial charge in [-0.25, -0.2) is 16.3 Å². The highest BCUT2D eigenvalue weighted by Gasteiger charge is 2.30. The molecule has 7 nitrogen and oxygen atoms in total. The van der Waals surface area contributed by atoms with Gasteiger partial charge in [0.05, 0.1) is 19.4 Å². The van der Waals surface area contributed by atoms with Crippen LogP contribution in [0.1, 0.15) is 37.4 Å². The molecular formula is C21H26N4O3. The van der Waals surface area contributed by atoms with Gasteiger partial charge in [-0.1, -0.05) is 24.3 Å². The summed E-state index contributed by atoms with van der Waals surface area (Å²) in [4.78, 5) is 12.4. The summed E-state index contributed by atoms with van der Waals surface area (Å²) in [6.07, 6.45) is 2.22. The van der Waals surface area contributed by atoms with Crippen molar-refractivity contribution < 1.29 is 14.3 Å². The largest absolute Gasteiger partial charge is 0.494 e. The summed E-state index contributed by atoms with van der Waals surface area (Å²) < 4.78 is 11.0. The number of rotatable bonds is 8. The Morgan fingerprint density at radius 2 is 1.86 bits per heavy atom. The van der Waals surface area contributed by atoms with Crippen molar-refractivity contribution in [3.05, 3.63) is 59.7 Å². The fraction of sp³-hybridized carbons (Fsp3) is 0.333. The van der Waals surface area contributed by atoms with Crippen molar-refractivity contribution >= 4 is 12.1 Å². The predicted octanol–water partition coefficient (Wildman–Crippen LogP) is 2.54. The molecule has 3 N–H and O–H groups in total. The van der Waals surface area contributed by atoms with E-state index in [0.717, 1.165) is 22.6 Å². The third kappa shape index (κ3) is 5.09. The molecule has 2 unspecified atom stereocenters. The monoisotopic (exact) mass is 382 g/mol. The van der Waals surface area contributed by atoms with E-state index in [1.807, 2.05) is 62.4 Å². The van der Waals surface area contributed by atoms with Gasteiger partial charge in [-0.2, -0.15) is 5.10 Å². The fourth-order valence-electron chi connectivity index (χ4n) is 3.03. The lowest BCUT2D eigenvalue weighted by Gasteiger charge is -2.10. The van der Waals surface area contributed by atoms with Crippen LogP contribution in [0.3, 0.4) is 0 Å². The number of carbonyl (C=O) groups is 1. The molecular weight excluding hydrogens is 356 g/mol. The van der Waals surface area contributed by atoms with E-state index in [1.54, 1.807) is 6.21 Å². The Balaban J connectivity index is 1.53. The van der Waals surface area contributed by atoms with Crippen molar-refractivity contribution in [3.63, 3.8) is 0 Å². The van der Waals surface area contributed by atoms with Crippen LogP contribution in [0.2, 0.25) is 0 Å². The molecule has 1 amide bonds. The molecule has 0 aliphatic carbocycles. The number of carbonyl (C=O) groups excluding carboxylic acids is 1. The van der Waals surface area contributed by atoms with Gasteiger partial charge in [-0.15, -0.1) is 0 Å². The van der Waals surface area contributed by atoms with Crippen molar-refractivity contribution in [1.29, 1.82) is 0 Å². The summed E-state index contributed by atoms with van der Waals surface area (Å²) in [7, 11) is 0. The molecule has 0 saturated carbocycles. The molecule has 2 aromatic carbocycles. The second-order valence-electron chi connectivity index (χ2n) is 6.34. The van der Waals surface area contributed by atoms with Crippen LogP contribution in [0.4, 0.5) is 0 Å². The molecule has 28 heavy (non-hydrogen) atoms. The Kier molecular flexibility index (Phi) is 7.00. The number of hydrogen-bond acceptors (Lipinski definition) is 6. The first-order valence-electron chi connectivity index (χ1n) is 9.49. The molecule has 0 spiro atoms. The Hall–Kier alpha value is -2.90. The van der Waals surface area contributed by atoms with E-state index in [-0.39, 0.29) is 18.0 Å². The quantitative estimate of drug-likeness (QED) is 0.483. The van der Waals surface area contributed by atoms with E-state index < -0.39 is 0 Å². The minimum Gasteiger partial charge on any atom is -0.494 e. The van der Waals surface area contributed by atoms with Gasteiger partial charge < -0.3 is 9.47 Å². The van der Waals surface area contributed by atoms with Crippen molar-refractivity contribution in [2.75, 3.05) is 13.2 Å². The van der Waals surface area contributed by atoms with Crippen molar-refractivity contribution in [2.45, 2.75) is 32.4 Å². The molecule has 1 fully saturated rings. The maximum Gasteiger partial charge on any atom is 0.258 e. The van der Waals surface area contributed by atoms with E-state index in [9.17, 15) is 4.79 Å². The zero-order valence-corrected chi connectivity index (χ0v) is 16.1. The predicted molar refractivity (Wildman–Crippen MR) is 108 cm³/mol. The number of nitrogens with zero attached hydrogens (tertiary/aromatic N) is 1. The van der Waals surface area contributed by atoms with Gasteiger partial charge in [0.2, 0.25) is 0 Å². The van der Waals surface area contributed by atoms with E-state index in [0.29, 0.717) is 19.6 Å². The number of para-hydroxylation sites is 1. The van der Waals surface area contributed by atoms with Crippen LogP contribution in [0.15, 0.2) is 53.6 Å². The van der Waals surface area contributed by atoms with Crippen LogP contribution in [0, 0.1) is 0 Å². The van der Waals surface area contributed by atoms with E-state index >= 15 is 0 Å². The Bertz CT molecular complexity index is 808. The number of ether oxygens (including phenoxy) is 2. The van der Waals surface area contributed by atoms with Gasteiger partial charge in [-0.3, -0.25) is 4.79 Å². The summed E-state index contributed by atoms with van der Waals surface area (Å²) in [5.41, 5.74) is 10.7. The summed E-state index contributed by atoms with van der Waals surface area (Å²) in [6.45, 7) is 5.09. The molecule has 148 valence electrons. The number of hydrazone groups is 1. The molecule has 7 heteroatoms. The van der Waals surface area contributed by atoms with Gasteiger partial charge >= 0.3 is 0 Å². The highest BCUT2D eigenvalue weighted by Crippen LogP contribution is 2.24. The summed E-state index contributed by atoms with van der Waals surface area (Å²) in [6, 6.07) is 15.1. The zero-order valence-electron chi connectivity index (χ0n) is 16.1.